The molecule has 2 N–H and O–H groups in total. The van der Waals surface area contributed by atoms with E-state index in [4.69, 9.17) is 0 Å². The number of hydrogen-bond donors (Lipinski definition) is 2. The van der Waals surface area contributed by atoms with Crippen LogP contribution in [0.1, 0.15) is 24.6 Å². The molecule has 7 nitrogen and oxygen atoms in total. The highest BCUT2D eigenvalue weighted by molar-refractivity contribution is 7.91. The van der Waals surface area contributed by atoms with Gasteiger partial charge in [-0.25, -0.2) is 13.4 Å². The van der Waals surface area contributed by atoms with Gasteiger partial charge in [-0.15, -0.1) is 0 Å². The molecular formula is C13H20F3N5O2S. The lowest BCUT2D eigenvalue weighted by Gasteiger charge is -2.15. The van der Waals surface area contributed by atoms with Gasteiger partial charge >= 0.3 is 6.18 Å². The van der Waals surface area contributed by atoms with E-state index < -0.39 is 21.7 Å². The first-order chi connectivity index (χ1) is 11.1. The average molecular weight is 367 g/mol. The summed E-state index contributed by atoms with van der Waals surface area (Å²) in [5.41, 5.74) is -1.01. The molecule has 1 aromatic heterocycles. The second-order valence-electron chi connectivity index (χ2n) is 5.61. The van der Waals surface area contributed by atoms with Crippen LogP contribution in [0.3, 0.4) is 0 Å². The van der Waals surface area contributed by atoms with Crippen molar-refractivity contribution in [3.8, 4) is 0 Å². The topological polar surface area (TPSA) is 88.4 Å². The lowest BCUT2D eigenvalue weighted by atomic mass is 10.2. The Balaban J connectivity index is 2.12. The summed E-state index contributed by atoms with van der Waals surface area (Å²) in [6.07, 6.45) is -2.82. The van der Waals surface area contributed by atoms with Crippen molar-refractivity contribution in [1.82, 2.24) is 20.4 Å². The average Bonchev–Trinajstić information content (AvgIpc) is 2.98. The van der Waals surface area contributed by atoms with E-state index in [1.165, 1.54) is 13.2 Å². The Hall–Kier alpha value is -1.78. The minimum absolute atomic E-state index is 0.00188. The van der Waals surface area contributed by atoms with Gasteiger partial charge in [-0.05, 0) is 13.3 Å². The summed E-state index contributed by atoms with van der Waals surface area (Å²) in [6.45, 7) is 2.11. The fraction of sp³-hybridized carbons (Fsp3) is 0.692. The van der Waals surface area contributed by atoms with Crippen LogP contribution in [0.2, 0.25) is 0 Å². The number of aromatic nitrogens is 2. The van der Waals surface area contributed by atoms with Gasteiger partial charge in [0.15, 0.2) is 21.5 Å². The normalized spacial score (nSPS) is 21.0. The van der Waals surface area contributed by atoms with Gasteiger partial charge in [0.2, 0.25) is 0 Å². The molecule has 11 heteroatoms. The van der Waals surface area contributed by atoms with E-state index in [1.54, 1.807) is 0 Å². The van der Waals surface area contributed by atoms with Crippen LogP contribution in [0.15, 0.2) is 11.2 Å². The van der Waals surface area contributed by atoms with Crippen molar-refractivity contribution >= 4 is 15.8 Å². The third-order valence-corrected chi connectivity index (χ3v) is 5.27. The molecule has 0 radical (unpaired) electrons. The zero-order valence-corrected chi connectivity index (χ0v) is 14.2. The second kappa shape index (κ2) is 6.99. The molecule has 0 aromatic carbocycles. The molecule has 1 unspecified atom stereocenters. The predicted octanol–water partition coefficient (Wildman–Crippen LogP) is 0.681. The Labute approximate surface area is 138 Å². The highest BCUT2D eigenvalue weighted by Crippen LogP contribution is 2.30. The van der Waals surface area contributed by atoms with Crippen LogP contribution >= 0.6 is 0 Å². The number of aryl methyl sites for hydroxylation is 1. The Morgan fingerprint density at radius 3 is 2.75 bits per heavy atom. The van der Waals surface area contributed by atoms with E-state index in [-0.39, 0.29) is 35.6 Å². The first-order valence-corrected chi connectivity index (χ1v) is 9.28. The number of sulfone groups is 1. The Morgan fingerprint density at radius 1 is 1.50 bits per heavy atom. The van der Waals surface area contributed by atoms with Crippen molar-refractivity contribution < 1.29 is 21.6 Å². The summed E-state index contributed by atoms with van der Waals surface area (Å²) in [7, 11) is -1.64. The lowest BCUT2D eigenvalue weighted by Crippen LogP contribution is -2.44. The maximum Gasteiger partial charge on any atom is 0.435 e. The summed E-state index contributed by atoms with van der Waals surface area (Å²) in [5.74, 6) is 0.389. The van der Waals surface area contributed by atoms with E-state index in [9.17, 15) is 21.6 Å². The molecule has 1 saturated heterocycles. The third-order valence-electron chi connectivity index (χ3n) is 3.50. The zero-order chi connectivity index (χ0) is 18.0. The van der Waals surface area contributed by atoms with E-state index in [1.807, 2.05) is 6.92 Å². The number of rotatable bonds is 4. The quantitative estimate of drug-likeness (QED) is 0.604. The maximum absolute atomic E-state index is 12.9. The largest absolute Gasteiger partial charge is 0.435 e. The minimum Gasteiger partial charge on any atom is -0.357 e. The number of aliphatic imine (C=N–C) groups is 1. The van der Waals surface area contributed by atoms with Crippen LogP contribution in [-0.2, 0) is 29.6 Å². The molecule has 1 atom stereocenters. The van der Waals surface area contributed by atoms with Gasteiger partial charge in [-0.3, -0.25) is 4.68 Å². The van der Waals surface area contributed by atoms with Crippen LogP contribution in [-0.4, -0.2) is 48.3 Å². The van der Waals surface area contributed by atoms with E-state index >= 15 is 0 Å². The van der Waals surface area contributed by atoms with Crippen molar-refractivity contribution in [3.63, 3.8) is 0 Å². The molecule has 1 fully saturated rings. The van der Waals surface area contributed by atoms with Crippen LogP contribution in [0.25, 0.3) is 0 Å². The zero-order valence-electron chi connectivity index (χ0n) is 13.4. The molecule has 24 heavy (non-hydrogen) atoms. The Morgan fingerprint density at radius 2 is 2.21 bits per heavy atom. The lowest BCUT2D eigenvalue weighted by molar-refractivity contribution is -0.142. The van der Waals surface area contributed by atoms with Crippen LogP contribution < -0.4 is 10.6 Å². The number of nitrogens with zero attached hydrogens (tertiary/aromatic N) is 3. The minimum atomic E-state index is -4.54. The number of alkyl halides is 3. The van der Waals surface area contributed by atoms with Crippen molar-refractivity contribution in [2.24, 2.45) is 12.0 Å². The smallest absolute Gasteiger partial charge is 0.357 e. The molecular weight excluding hydrogens is 347 g/mol. The van der Waals surface area contributed by atoms with Crippen molar-refractivity contribution in [3.05, 3.63) is 17.5 Å². The number of halogens is 3. The maximum atomic E-state index is 12.9. The van der Waals surface area contributed by atoms with Gasteiger partial charge in [0.1, 0.15) is 0 Å². The standard InChI is InChI=1S/C13H20F3N5O2S/c1-3-17-12(19-10-4-5-24(22,23)8-10)18-6-9-7-21(2)20-11(9)13(14,15)16/h7,10H,3-6,8H2,1-2H3,(H2,17,18,19). The van der Waals surface area contributed by atoms with Gasteiger partial charge in [0.05, 0.1) is 18.1 Å². The number of guanidine groups is 1. The van der Waals surface area contributed by atoms with Gasteiger partial charge in [-0.2, -0.15) is 18.3 Å². The molecule has 0 spiro atoms. The molecule has 1 aromatic rings. The summed E-state index contributed by atoms with van der Waals surface area (Å²) in [4.78, 5) is 4.13. The second-order valence-corrected chi connectivity index (χ2v) is 7.84. The monoisotopic (exact) mass is 367 g/mol. The van der Waals surface area contributed by atoms with Crippen molar-refractivity contribution in [2.75, 3.05) is 18.1 Å². The molecule has 0 saturated carbocycles. The molecule has 1 aliphatic heterocycles. The first kappa shape index (κ1) is 18.6. The molecule has 0 amide bonds. The van der Waals surface area contributed by atoms with Crippen molar-refractivity contribution in [2.45, 2.75) is 32.1 Å². The van der Waals surface area contributed by atoms with Crippen LogP contribution in [0.4, 0.5) is 13.2 Å². The fourth-order valence-electron chi connectivity index (χ4n) is 2.48. The Bertz CT molecular complexity index is 712. The number of nitrogens with one attached hydrogen (secondary N) is 2. The highest BCUT2D eigenvalue weighted by Gasteiger charge is 2.36. The predicted molar refractivity (Wildman–Crippen MR) is 83.2 cm³/mol. The van der Waals surface area contributed by atoms with E-state index in [2.05, 4.69) is 20.7 Å². The van der Waals surface area contributed by atoms with E-state index in [0.29, 0.717) is 13.0 Å². The number of hydrogen-bond acceptors (Lipinski definition) is 4. The van der Waals surface area contributed by atoms with Crippen LogP contribution in [0.5, 0.6) is 0 Å². The molecule has 136 valence electrons. The SMILES string of the molecule is CCNC(=NCc1cn(C)nc1C(F)(F)F)NC1CCS(=O)(=O)C1. The molecule has 0 aliphatic carbocycles. The van der Waals surface area contributed by atoms with Gasteiger partial charge < -0.3 is 10.6 Å². The summed E-state index contributed by atoms with van der Waals surface area (Å²) in [5, 5.41) is 9.30. The summed E-state index contributed by atoms with van der Waals surface area (Å²) >= 11 is 0. The van der Waals surface area contributed by atoms with Gasteiger partial charge in [0.25, 0.3) is 0 Å². The molecule has 2 heterocycles. The fourth-order valence-corrected chi connectivity index (χ4v) is 4.15. The van der Waals surface area contributed by atoms with Gasteiger partial charge in [0, 0.05) is 31.4 Å². The first-order valence-electron chi connectivity index (χ1n) is 7.45. The van der Waals surface area contributed by atoms with Crippen molar-refractivity contribution in [1.29, 1.82) is 0 Å². The Kier molecular flexibility index (Phi) is 5.41. The molecule has 0 bridgehead atoms. The van der Waals surface area contributed by atoms with Crippen LogP contribution in [0, 0.1) is 0 Å². The van der Waals surface area contributed by atoms with Gasteiger partial charge in [-0.1, -0.05) is 0 Å². The summed E-state index contributed by atoms with van der Waals surface area (Å²) in [6, 6.07) is -0.288. The molecule has 1 aliphatic rings. The highest BCUT2D eigenvalue weighted by atomic mass is 32.2. The third kappa shape index (κ3) is 4.86. The van der Waals surface area contributed by atoms with E-state index in [0.717, 1.165) is 4.68 Å². The molecule has 2 rings (SSSR count). The summed E-state index contributed by atoms with van der Waals surface area (Å²) < 4.78 is 62.8.